The van der Waals surface area contributed by atoms with Gasteiger partial charge in [-0.3, -0.25) is 4.79 Å². The second kappa shape index (κ2) is 4.37. The van der Waals surface area contributed by atoms with Gasteiger partial charge in [-0.05, 0) is 31.6 Å². The lowest BCUT2D eigenvalue weighted by atomic mass is 9.79. The van der Waals surface area contributed by atoms with Crippen LogP contribution < -0.4 is 0 Å². The van der Waals surface area contributed by atoms with Gasteiger partial charge in [-0.15, -0.1) is 0 Å². The molecule has 2 aliphatic heterocycles. The molecule has 2 saturated carbocycles. The molecule has 2 amide bonds. The first-order chi connectivity index (χ1) is 10.1. The number of carbonyl (C=O) groups excluding carboxylic acids is 2. The molecule has 0 aromatic heterocycles. The zero-order valence-electron chi connectivity index (χ0n) is 12.8. The van der Waals surface area contributed by atoms with Crippen LogP contribution in [0, 0.1) is 11.3 Å². The molecule has 0 bridgehead atoms. The Bertz CT molecular complexity index is 478. The van der Waals surface area contributed by atoms with Crippen LogP contribution in [0.2, 0.25) is 0 Å². The van der Waals surface area contributed by atoms with Crippen LogP contribution in [0.4, 0.5) is 4.79 Å². The Morgan fingerprint density at radius 1 is 1.29 bits per heavy atom. The lowest BCUT2D eigenvalue weighted by Crippen LogP contribution is -2.49. The molecule has 21 heavy (non-hydrogen) atoms. The van der Waals surface area contributed by atoms with E-state index in [1.807, 2.05) is 11.8 Å². The first-order valence-corrected chi connectivity index (χ1v) is 8.34. The summed E-state index contributed by atoms with van der Waals surface area (Å²) in [5.41, 5.74) is 0.0760. The molecular weight excluding hydrogens is 268 g/mol. The van der Waals surface area contributed by atoms with Crippen molar-refractivity contribution in [2.24, 2.45) is 11.3 Å². The van der Waals surface area contributed by atoms with Gasteiger partial charge in [-0.2, -0.15) is 0 Å². The first kappa shape index (κ1) is 13.4. The summed E-state index contributed by atoms with van der Waals surface area (Å²) in [6.07, 6.45) is 6.32. The summed E-state index contributed by atoms with van der Waals surface area (Å²) < 4.78 is 5.62. The summed E-state index contributed by atoms with van der Waals surface area (Å²) in [6, 6.07) is 0. The fraction of sp³-hybridized carbons (Fsp3) is 0.875. The van der Waals surface area contributed by atoms with E-state index in [2.05, 4.69) is 0 Å². The maximum absolute atomic E-state index is 12.6. The lowest BCUT2D eigenvalue weighted by molar-refractivity contribution is -0.137. The van der Waals surface area contributed by atoms with Crippen LogP contribution in [0.5, 0.6) is 0 Å². The average Bonchev–Trinajstić information content (AvgIpc) is 3.14. The Kier molecular flexibility index (Phi) is 2.79. The first-order valence-electron chi connectivity index (χ1n) is 8.34. The van der Waals surface area contributed by atoms with Crippen molar-refractivity contribution in [2.75, 3.05) is 26.2 Å². The van der Waals surface area contributed by atoms with Crippen LogP contribution >= 0.6 is 0 Å². The monoisotopic (exact) mass is 292 g/mol. The predicted octanol–water partition coefficient (Wildman–Crippen LogP) is 2.01. The van der Waals surface area contributed by atoms with Crippen molar-refractivity contribution >= 4 is 12.0 Å². The SMILES string of the molecule is CCN1CC2(CCN(C(=O)[C@@H]3CC34CCC4)CC2)OC1=O. The van der Waals surface area contributed by atoms with Gasteiger partial charge in [-0.25, -0.2) is 4.79 Å². The molecule has 2 heterocycles. The number of likely N-dealkylation sites (tertiary alicyclic amines) is 1. The summed E-state index contributed by atoms with van der Waals surface area (Å²) in [5.74, 6) is 0.666. The minimum Gasteiger partial charge on any atom is -0.441 e. The Labute approximate surface area is 125 Å². The van der Waals surface area contributed by atoms with Crippen molar-refractivity contribution in [1.82, 2.24) is 9.80 Å². The van der Waals surface area contributed by atoms with Gasteiger partial charge in [0.05, 0.1) is 6.54 Å². The smallest absolute Gasteiger partial charge is 0.410 e. The second-order valence-corrected chi connectivity index (χ2v) is 7.36. The number of hydrogen-bond acceptors (Lipinski definition) is 3. The number of nitrogens with zero attached hydrogens (tertiary/aromatic N) is 2. The van der Waals surface area contributed by atoms with Gasteiger partial charge in [0.2, 0.25) is 5.91 Å². The van der Waals surface area contributed by atoms with Gasteiger partial charge in [0, 0.05) is 38.4 Å². The van der Waals surface area contributed by atoms with Crippen molar-refractivity contribution in [3.8, 4) is 0 Å². The van der Waals surface area contributed by atoms with Crippen molar-refractivity contribution in [3.63, 3.8) is 0 Å². The largest absolute Gasteiger partial charge is 0.441 e. The van der Waals surface area contributed by atoms with E-state index in [1.165, 1.54) is 19.3 Å². The van der Waals surface area contributed by atoms with Crippen LogP contribution in [0.25, 0.3) is 0 Å². The average molecular weight is 292 g/mol. The van der Waals surface area contributed by atoms with E-state index < -0.39 is 0 Å². The van der Waals surface area contributed by atoms with Crippen LogP contribution in [0.15, 0.2) is 0 Å². The van der Waals surface area contributed by atoms with Crippen molar-refractivity contribution in [3.05, 3.63) is 0 Å². The number of carbonyl (C=O) groups is 2. The summed E-state index contributed by atoms with van der Waals surface area (Å²) in [7, 11) is 0. The van der Waals surface area contributed by atoms with Crippen LogP contribution in [0.3, 0.4) is 0 Å². The van der Waals surface area contributed by atoms with Crippen LogP contribution in [-0.4, -0.2) is 53.6 Å². The van der Waals surface area contributed by atoms with E-state index in [0.29, 0.717) is 30.3 Å². The highest BCUT2D eigenvalue weighted by molar-refractivity contribution is 5.83. The second-order valence-electron chi connectivity index (χ2n) is 7.36. The minimum absolute atomic E-state index is 0.187. The molecule has 0 aromatic rings. The molecule has 5 heteroatoms. The Morgan fingerprint density at radius 3 is 2.48 bits per heavy atom. The molecule has 1 atom stereocenters. The van der Waals surface area contributed by atoms with E-state index in [9.17, 15) is 9.59 Å². The summed E-state index contributed by atoms with van der Waals surface area (Å²) >= 11 is 0. The highest BCUT2D eigenvalue weighted by Gasteiger charge is 2.62. The number of likely N-dealkylation sites (N-methyl/N-ethyl adjacent to an activating group) is 1. The van der Waals surface area contributed by atoms with E-state index in [-0.39, 0.29) is 11.7 Å². The van der Waals surface area contributed by atoms with E-state index in [1.54, 1.807) is 4.90 Å². The van der Waals surface area contributed by atoms with E-state index in [4.69, 9.17) is 4.74 Å². The Morgan fingerprint density at radius 2 is 2.00 bits per heavy atom. The molecule has 4 aliphatic rings. The van der Waals surface area contributed by atoms with Crippen LogP contribution in [-0.2, 0) is 9.53 Å². The number of piperidine rings is 1. The standard InChI is InChI=1S/C16H24N2O3/c1-2-17-11-16(21-14(17)20)6-8-18(9-7-16)13(19)12-10-15(12)4-3-5-15/h12H,2-11H2,1H3/t12-/m0/s1. The summed E-state index contributed by atoms with van der Waals surface area (Å²) in [5, 5.41) is 0. The Hall–Kier alpha value is -1.26. The molecule has 0 aromatic carbocycles. The third kappa shape index (κ3) is 1.96. The molecular formula is C16H24N2O3. The normalized spacial score (nSPS) is 32.2. The van der Waals surface area contributed by atoms with Crippen LogP contribution in [0.1, 0.15) is 45.4 Å². The van der Waals surface area contributed by atoms with Gasteiger partial charge >= 0.3 is 6.09 Å². The van der Waals surface area contributed by atoms with Gasteiger partial charge in [0.15, 0.2) is 0 Å². The quantitative estimate of drug-likeness (QED) is 0.782. The molecule has 0 N–H and O–H groups in total. The molecule has 0 unspecified atom stereocenters. The summed E-state index contributed by atoms with van der Waals surface area (Å²) in [6.45, 7) is 4.86. The van der Waals surface area contributed by atoms with Gasteiger partial charge in [0.1, 0.15) is 5.60 Å². The molecule has 0 radical (unpaired) electrons. The third-order valence-corrected chi connectivity index (χ3v) is 6.25. The number of hydrogen-bond donors (Lipinski definition) is 0. The number of amides is 2. The van der Waals surface area contributed by atoms with Crippen molar-refractivity contribution in [1.29, 1.82) is 0 Å². The minimum atomic E-state index is -0.332. The number of rotatable bonds is 2. The maximum atomic E-state index is 12.6. The zero-order valence-corrected chi connectivity index (χ0v) is 12.8. The predicted molar refractivity (Wildman–Crippen MR) is 76.7 cm³/mol. The van der Waals surface area contributed by atoms with E-state index >= 15 is 0 Å². The van der Waals surface area contributed by atoms with Gasteiger partial charge in [0.25, 0.3) is 0 Å². The molecule has 2 aliphatic carbocycles. The highest BCUT2D eigenvalue weighted by Crippen LogP contribution is 2.66. The molecule has 2 spiro atoms. The van der Waals surface area contributed by atoms with Crippen molar-refractivity contribution in [2.45, 2.75) is 51.0 Å². The Balaban J connectivity index is 1.35. The van der Waals surface area contributed by atoms with Gasteiger partial charge in [-0.1, -0.05) is 6.42 Å². The number of ether oxygens (including phenoxy) is 1. The molecule has 4 rings (SSSR count). The molecule has 116 valence electrons. The third-order valence-electron chi connectivity index (χ3n) is 6.25. The molecule has 2 saturated heterocycles. The fourth-order valence-corrected chi connectivity index (χ4v) is 4.43. The molecule has 5 nitrogen and oxygen atoms in total. The lowest BCUT2D eigenvalue weighted by Gasteiger charge is -2.38. The maximum Gasteiger partial charge on any atom is 0.410 e. The summed E-state index contributed by atoms with van der Waals surface area (Å²) in [4.78, 5) is 28.1. The highest BCUT2D eigenvalue weighted by atomic mass is 16.6. The fourth-order valence-electron chi connectivity index (χ4n) is 4.43. The van der Waals surface area contributed by atoms with Gasteiger partial charge < -0.3 is 14.5 Å². The molecule has 4 fully saturated rings. The van der Waals surface area contributed by atoms with E-state index in [0.717, 1.165) is 32.4 Å². The topological polar surface area (TPSA) is 49.9 Å². The van der Waals surface area contributed by atoms with Crippen molar-refractivity contribution < 1.29 is 14.3 Å². The zero-order chi connectivity index (χ0) is 14.7.